The number of nitrogens with two attached hydrogens (primary N) is 1. The fourth-order valence-corrected chi connectivity index (χ4v) is 3.61. The van der Waals surface area contributed by atoms with Gasteiger partial charge in [0.2, 0.25) is 0 Å². The summed E-state index contributed by atoms with van der Waals surface area (Å²) in [5, 5.41) is 3.81. The lowest BCUT2D eigenvalue weighted by molar-refractivity contribution is 0.0260. The Morgan fingerprint density at radius 3 is 2.87 bits per heavy atom. The van der Waals surface area contributed by atoms with Crippen molar-refractivity contribution >= 4 is 41.7 Å². The monoisotopic (exact) mass is 375 g/mol. The molecule has 7 heteroatoms. The largest absolute Gasteiger partial charge is 0.334 e. The van der Waals surface area contributed by atoms with Crippen molar-refractivity contribution in [2.24, 2.45) is 5.73 Å². The zero-order chi connectivity index (χ0) is 17.0. The number of carbonyl (C=O) groups excluding carboxylic acids is 1. The summed E-state index contributed by atoms with van der Waals surface area (Å²) < 4.78 is 0. The molecule has 0 saturated carbocycles. The van der Waals surface area contributed by atoms with Crippen molar-refractivity contribution in [1.82, 2.24) is 10.2 Å². The summed E-state index contributed by atoms with van der Waals surface area (Å²) in [4.78, 5) is 14.9. The summed E-state index contributed by atoms with van der Waals surface area (Å²) in [5.41, 5.74) is 6.04. The lowest BCUT2D eigenvalue weighted by Crippen LogP contribution is -2.63. The Balaban J connectivity index is 2.26. The summed E-state index contributed by atoms with van der Waals surface area (Å²) in [5.74, 6) is 0.348. The van der Waals surface area contributed by atoms with Gasteiger partial charge in [-0.2, -0.15) is 12.6 Å². The Bertz CT molecular complexity index is 572. The van der Waals surface area contributed by atoms with Crippen LogP contribution in [0.25, 0.3) is 0 Å². The molecule has 0 radical (unpaired) electrons. The first kappa shape index (κ1) is 18.9. The van der Waals surface area contributed by atoms with Gasteiger partial charge in [0.1, 0.15) is 0 Å². The molecule has 0 bridgehead atoms. The number of benzene rings is 1. The summed E-state index contributed by atoms with van der Waals surface area (Å²) in [6.45, 7) is 0.919. The number of hydrogen-bond acceptors (Lipinski definition) is 4. The van der Waals surface area contributed by atoms with Crippen LogP contribution in [0.4, 0.5) is 0 Å². The Kier molecular flexibility index (Phi) is 6.63. The third kappa shape index (κ3) is 4.34. The van der Waals surface area contributed by atoms with Crippen LogP contribution in [-0.4, -0.2) is 41.9 Å². The Hall–Kier alpha value is -0.460. The number of hydrogen-bond donors (Lipinski definition) is 3. The van der Waals surface area contributed by atoms with Gasteiger partial charge in [-0.3, -0.25) is 9.69 Å². The summed E-state index contributed by atoms with van der Waals surface area (Å²) in [7, 11) is 2.02. The van der Waals surface area contributed by atoms with E-state index >= 15 is 0 Å². The van der Waals surface area contributed by atoms with Gasteiger partial charge in [0.05, 0.1) is 21.3 Å². The van der Waals surface area contributed by atoms with Gasteiger partial charge in [-0.15, -0.1) is 0 Å². The molecule has 1 saturated heterocycles. The molecule has 1 aromatic rings. The minimum Gasteiger partial charge on any atom is -0.334 e. The van der Waals surface area contributed by atoms with E-state index in [1.165, 1.54) is 0 Å². The molecular weight excluding hydrogens is 353 g/mol. The van der Waals surface area contributed by atoms with Crippen molar-refractivity contribution in [3.63, 3.8) is 0 Å². The van der Waals surface area contributed by atoms with Gasteiger partial charge in [-0.25, -0.2) is 0 Å². The first-order valence-corrected chi connectivity index (χ1v) is 9.12. The minimum atomic E-state index is -0.469. The topological polar surface area (TPSA) is 58.4 Å². The van der Waals surface area contributed by atoms with Gasteiger partial charge in [-0.05, 0) is 44.9 Å². The third-order valence-corrected chi connectivity index (χ3v) is 5.73. The van der Waals surface area contributed by atoms with Crippen molar-refractivity contribution in [2.45, 2.75) is 37.4 Å². The van der Waals surface area contributed by atoms with Crippen LogP contribution in [-0.2, 0) is 0 Å². The van der Waals surface area contributed by atoms with Crippen LogP contribution < -0.4 is 11.1 Å². The molecule has 23 heavy (non-hydrogen) atoms. The lowest BCUT2D eigenvalue weighted by Gasteiger charge is -2.47. The van der Waals surface area contributed by atoms with Gasteiger partial charge in [-0.1, -0.05) is 29.3 Å². The first-order valence-electron chi connectivity index (χ1n) is 7.74. The molecule has 0 spiro atoms. The quantitative estimate of drug-likeness (QED) is 0.692. The molecule has 3 N–H and O–H groups in total. The molecule has 128 valence electrons. The van der Waals surface area contributed by atoms with Crippen molar-refractivity contribution in [3.05, 3.63) is 33.8 Å². The normalized spacial score (nSPS) is 23.5. The fourth-order valence-electron chi connectivity index (χ4n) is 3.09. The molecule has 2 rings (SSSR count). The van der Waals surface area contributed by atoms with Gasteiger partial charge in [0, 0.05) is 18.3 Å². The van der Waals surface area contributed by atoms with Crippen LogP contribution in [0.2, 0.25) is 10.0 Å². The maximum absolute atomic E-state index is 12.8. The number of carbonyl (C=O) groups is 1. The summed E-state index contributed by atoms with van der Waals surface area (Å²) in [6, 6.07) is 4.98. The highest BCUT2D eigenvalue weighted by molar-refractivity contribution is 7.80. The number of amides is 1. The second-order valence-electron chi connectivity index (χ2n) is 6.11. The molecule has 2 atom stereocenters. The Labute approximate surface area is 153 Å². The van der Waals surface area contributed by atoms with Crippen LogP contribution in [0.5, 0.6) is 0 Å². The molecule has 1 aliphatic heterocycles. The third-order valence-electron chi connectivity index (χ3n) is 4.44. The van der Waals surface area contributed by atoms with Crippen molar-refractivity contribution < 1.29 is 4.79 Å². The van der Waals surface area contributed by atoms with E-state index in [0.29, 0.717) is 22.8 Å². The molecule has 1 amide bonds. The molecular formula is C16H23Cl2N3OS. The van der Waals surface area contributed by atoms with Crippen LogP contribution in [0.15, 0.2) is 18.2 Å². The second-order valence-corrected chi connectivity index (χ2v) is 7.26. The van der Waals surface area contributed by atoms with E-state index in [1.807, 2.05) is 7.05 Å². The number of likely N-dealkylation sites (tertiary alicyclic amines) is 1. The van der Waals surface area contributed by atoms with Crippen molar-refractivity contribution in [3.8, 4) is 0 Å². The smallest absolute Gasteiger partial charge is 0.254 e. The maximum atomic E-state index is 12.8. The molecule has 1 heterocycles. The van der Waals surface area contributed by atoms with Crippen molar-refractivity contribution in [2.75, 3.05) is 19.3 Å². The van der Waals surface area contributed by atoms with E-state index in [1.54, 1.807) is 18.2 Å². The molecule has 1 aliphatic rings. The number of thiol groups is 1. The van der Waals surface area contributed by atoms with Crippen LogP contribution in [0.3, 0.4) is 0 Å². The summed E-state index contributed by atoms with van der Waals surface area (Å²) in [6.07, 6.45) is 3.67. The Morgan fingerprint density at radius 2 is 2.22 bits per heavy atom. The van der Waals surface area contributed by atoms with Crippen LogP contribution >= 0.6 is 35.8 Å². The zero-order valence-electron chi connectivity index (χ0n) is 13.2. The van der Waals surface area contributed by atoms with Crippen molar-refractivity contribution in [1.29, 1.82) is 0 Å². The predicted molar refractivity (Wildman–Crippen MR) is 99.6 cm³/mol. The average Bonchev–Trinajstić information content (AvgIpc) is 2.52. The number of nitrogens with zero attached hydrogens (tertiary/aromatic N) is 1. The number of halogens is 2. The molecule has 4 nitrogen and oxygen atoms in total. The SMILES string of the molecule is CN1CCCCC1(C[C@@H](N)CS)NC(=O)c1cccc(Cl)c1Cl. The van der Waals surface area contributed by atoms with E-state index in [9.17, 15) is 4.79 Å². The fraction of sp³-hybridized carbons (Fsp3) is 0.562. The predicted octanol–water partition coefficient (Wildman–Crippen LogP) is 3.18. The number of rotatable bonds is 5. The number of piperidine rings is 1. The van der Waals surface area contributed by atoms with Gasteiger partial charge >= 0.3 is 0 Å². The lowest BCUT2D eigenvalue weighted by atomic mass is 9.89. The Morgan fingerprint density at radius 1 is 1.48 bits per heavy atom. The van der Waals surface area contributed by atoms with Gasteiger partial charge < -0.3 is 11.1 Å². The zero-order valence-corrected chi connectivity index (χ0v) is 15.6. The van der Waals surface area contributed by atoms with Crippen LogP contribution in [0.1, 0.15) is 36.0 Å². The van der Waals surface area contributed by atoms with E-state index < -0.39 is 5.66 Å². The van der Waals surface area contributed by atoms with Gasteiger partial charge in [0.25, 0.3) is 5.91 Å². The van der Waals surface area contributed by atoms with E-state index in [2.05, 4.69) is 22.8 Å². The molecule has 1 aromatic carbocycles. The number of nitrogens with one attached hydrogen (secondary N) is 1. The highest BCUT2D eigenvalue weighted by Gasteiger charge is 2.39. The standard InChI is InChI=1S/C16H23Cl2N3OS/c1-21-8-3-2-7-16(21,9-11(19)10-23)20-15(22)12-5-4-6-13(17)14(12)18/h4-6,11,23H,2-3,7-10,19H2,1H3,(H,20,22)/t11-,16?/m1/s1. The molecule has 1 fully saturated rings. The average molecular weight is 376 g/mol. The van der Waals surface area contributed by atoms with Crippen LogP contribution in [0, 0.1) is 0 Å². The highest BCUT2D eigenvalue weighted by Crippen LogP contribution is 2.31. The summed E-state index contributed by atoms with van der Waals surface area (Å²) >= 11 is 16.5. The highest BCUT2D eigenvalue weighted by atomic mass is 35.5. The molecule has 1 unspecified atom stereocenters. The van der Waals surface area contributed by atoms with E-state index in [4.69, 9.17) is 28.9 Å². The molecule has 0 aromatic heterocycles. The van der Waals surface area contributed by atoms with Gasteiger partial charge in [0.15, 0.2) is 0 Å². The molecule has 0 aliphatic carbocycles. The van der Waals surface area contributed by atoms with E-state index in [0.717, 1.165) is 25.8 Å². The first-order chi connectivity index (χ1) is 10.9. The van der Waals surface area contributed by atoms with E-state index in [-0.39, 0.29) is 17.0 Å². The minimum absolute atomic E-state index is 0.0889. The maximum Gasteiger partial charge on any atom is 0.254 e. The second kappa shape index (κ2) is 8.08.